The van der Waals surface area contributed by atoms with Crippen LogP contribution >= 0.6 is 0 Å². The predicted molar refractivity (Wildman–Crippen MR) is 124 cm³/mol. The van der Waals surface area contributed by atoms with E-state index in [1.807, 2.05) is 53.7 Å². The fourth-order valence-electron chi connectivity index (χ4n) is 2.47. The molecule has 0 heterocycles. The molecule has 0 spiro atoms. The van der Waals surface area contributed by atoms with Crippen molar-refractivity contribution in [1.29, 1.82) is 0 Å². The van der Waals surface area contributed by atoms with E-state index in [-0.39, 0.29) is 0 Å². The SMILES string of the molecule is CC(C)(C)C(C)(N=NC(C)(OC(=O)c1ccccc1)C(C)(C)C)OC(=O)c1ccccc1. The summed E-state index contributed by atoms with van der Waals surface area (Å²) in [5.41, 5.74) is -2.91. The highest BCUT2D eigenvalue weighted by atomic mass is 16.6. The number of ether oxygens (including phenoxy) is 2. The first-order valence-corrected chi connectivity index (χ1v) is 10.7. The van der Waals surface area contributed by atoms with Crippen LogP contribution in [-0.2, 0) is 9.47 Å². The van der Waals surface area contributed by atoms with Gasteiger partial charge >= 0.3 is 11.9 Å². The number of azo groups is 1. The van der Waals surface area contributed by atoms with Gasteiger partial charge in [0.2, 0.25) is 11.4 Å². The Morgan fingerprint density at radius 2 is 0.844 bits per heavy atom. The third kappa shape index (κ3) is 5.81. The van der Waals surface area contributed by atoms with Crippen LogP contribution in [0.25, 0.3) is 0 Å². The van der Waals surface area contributed by atoms with Crippen molar-refractivity contribution in [2.45, 2.75) is 66.8 Å². The minimum Gasteiger partial charge on any atom is -0.432 e. The second-order valence-electron chi connectivity index (χ2n) is 10.2. The molecule has 0 fully saturated rings. The molecule has 0 saturated carbocycles. The second kappa shape index (κ2) is 9.23. The average molecular weight is 439 g/mol. The van der Waals surface area contributed by atoms with Gasteiger partial charge in [-0.05, 0) is 38.1 Å². The second-order valence-corrected chi connectivity index (χ2v) is 10.2. The number of benzene rings is 2. The van der Waals surface area contributed by atoms with E-state index in [1.165, 1.54) is 0 Å². The van der Waals surface area contributed by atoms with E-state index in [1.54, 1.807) is 62.4 Å². The lowest BCUT2D eigenvalue weighted by molar-refractivity contribution is -0.0916. The maximum Gasteiger partial charge on any atom is 0.340 e. The molecule has 0 N–H and O–H groups in total. The number of rotatable bonds is 6. The van der Waals surface area contributed by atoms with Crippen molar-refractivity contribution in [3.63, 3.8) is 0 Å². The summed E-state index contributed by atoms with van der Waals surface area (Å²) >= 11 is 0. The summed E-state index contributed by atoms with van der Waals surface area (Å²) in [4.78, 5) is 25.6. The molecule has 0 amide bonds. The molecule has 2 aromatic rings. The van der Waals surface area contributed by atoms with Gasteiger partial charge < -0.3 is 9.47 Å². The average Bonchev–Trinajstić information content (AvgIpc) is 2.72. The number of esters is 2. The molecule has 6 nitrogen and oxygen atoms in total. The van der Waals surface area contributed by atoms with Crippen LogP contribution in [0, 0.1) is 10.8 Å². The molecule has 172 valence electrons. The molecular weight excluding hydrogens is 404 g/mol. The Morgan fingerprint density at radius 3 is 1.09 bits per heavy atom. The molecule has 2 aromatic carbocycles. The Balaban J connectivity index is 2.39. The van der Waals surface area contributed by atoms with Gasteiger partial charge in [0, 0.05) is 10.8 Å². The molecule has 0 aliphatic rings. The predicted octanol–water partition coefficient (Wildman–Crippen LogP) is 6.68. The topological polar surface area (TPSA) is 77.3 Å². The van der Waals surface area contributed by atoms with Crippen LogP contribution in [-0.4, -0.2) is 23.4 Å². The molecule has 0 aliphatic heterocycles. The maximum absolute atomic E-state index is 12.8. The largest absolute Gasteiger partial charge is 0.432 e. The van der Waals surface area contributed by atoms with Gasteiger partial charge in [0.25, 0.3) is 0 Å². The van der Waals surface area contributed by atoms with E-state index in [9.17, 15) is 9.59 Å². The minimum absolute atomic E-state index is 0.423. The number of nitrogens with zero attached hydrogens (tertiary/aromatic N) is 2. The highest BCUT2D eigenvalue weighted by Gasteiger charge is 2.46. The summed E-state index contributed by atoms with van der Waals surface area (Å²) in [6.07, 6.45) is 0. The van der Waals surface area contributed by atoms with Crippen molar-refractivity contribution >= 4 is 11.9 Å². The van der Waals surface area contributed by atoms with Gasteiger partial charge in [-0.25, -0.2) is 9.59 Å². The van der Waals surface area contributed by atoms with Crippen LogP contribution in [0.15, 0.2) is 70.9 Å². The molecule has 2 rings (SSSR count). The standard InChI is InChI=1S/C26H34N2O4/c1-23(2,3)25(7,31-21(29)19-15-11-9-12-16-19)27-28-26(8,24(4,5)6)32-22(30)20-17-13-10-14-18-20/h9-18H,1-8H3. The quantitative estimate of drug-likeness (QED) is 0.372. The van der Waals surface area contributed by atoms with Crippen LogP contribution in [0.3, 0.4) is 0 Å². The van der Waals surface area contributed by atoms with Crippen molar-refractivity contribution in [2.75, 3.05) is 0 Å². The van der Waals surface area contributed by atoms with E-state index in [0.717, 1.165) is 0 Å². The van der Waals surface area contributed by atoms with E-state index >= 15 is 0 Å². The number of carbonyl (C=O) groups excluding carboxylic acids is 2. The van der Waals surface area contributed by atoms with Crippen LogP contribution in [0.4, 0.5) is 0 Å². The first kappa shape index (κ1) is 25.2. The summed E-state index contributed by atoms with van der Waals surface area (Å²) in [6.45, 7) is 14.9. The third-order valence-electron chi connectivity index (χ3n) is 5.82. The Morgan fingerprint density at radius 1 is 0.562 bits per heavy atom. The van der Waals surface area contributed by atoms with Crippen LogP contribution in [0.2, 0.25) is 0 Å². The molecular formula is C26H34N2O4. The minimum atomic E-state index is -1.30. The van der Waals surface area contributed by atoms with Crippen molar-refractivity contribution in [2.24, 2.45) is 21.1 Å². The Kier molecular flexibility index (Phi) is 7.28. The highest BCUT2D eigenvalue weighted by Crippen LogP contribution is 2.40. The van der Waals surface area contributed by atoms with E-state index in [4.69, 9.17) is 9.47 Å². The molecule has 0 saturated heterocycles. The number of carbonyl (C=O) groups is 2. The molecule has 0 radical (unpaired) electrons. The van der Waals surface area contributed by atoms with Crippen molar-refractivity contribution in [3.05, 3.63) is 71.8 Å². The summed E-state index contributed by atoms with van der Waals surface area (Å²) < 4.78 is 11.7. The molecule has 2 atom stereocenters. The van der Waals surface area contributed by atoms with Crippen LogP contribution < -0.4 is 0 Å². The van der Waals surface area contributed by atoms with Gasteiger partial charge in [0.15, 0.2) is 0 Å². The molecule has 0 bridgehead atoms. The lowest BCUT2D eigenvalue weighted by Gasteiger charge is -2.40. The van der Waals surface area contributed by atoms with Crippen LogP contribution in [0.5, 0.6) is 0 Å². The van der Waals surface area contributed by atoms with Gasteiger partial charge in [-0.2, -0.15) is 0 Å². The molecule has 6 heteroatoms. The van der Waals surface area contributed by atoms with Gasteiger partial charge in [-0.1, -0.05) is 77.9 Å². The monoisotopic (exact) mass is 438 g/mol. The van der Waals surface area contributed by atoms with Gasteiger partial charge in [-0.15, -0.1) is 10.2 Å². The maximum atomic E-state index is 12.8. The Bertz CT molecular complexity index is 879. The Hall–Kier alpha value is -3.02. The smallest absolute Gasteiger partial charge is 0.340 e. The fraction of sp³-hybridized carbons (Fsp3) is 0.462. The highest BCUT2D eigenvalue weighted by molar-refractivity contribution is 5.90. The zero-order chi connectivity index (χ0) is 24.2. The third-order valence-corrected chi connectivity index (χ3v) is 5.82. The fourth-order valence-corrected chi connectivity index (χ4v) is 2.47. The summed E-state index contributed by atoms with van der Waals surface area (Å²) in [6, 6.07) is 17.5. The zero-order valence-corrected chi connectivity index (χ0v) is 20.3. The van der Waals surface area contributed by atoms with Gasteiger partial charge in [0.1, 0.15) is 0 Å². The molecule has 2 unspecified atom stereocenters. The number of hydrogen-bond acceptors (Lipinski definition) is 6. The van der Waals surface area contributed by atoms with Crippen molar-refractivity contribution in [1.82, 2.24) is 0 Å². The summed E-state index contributed by atoms with van der Waals surface area (Å²) in [7, 11) is 0. The molecule has 32 heavy (non-hydrogen) atoms. The molecule has 0 aromatic heterocycles. The first-order chi connectivity index (χ1) is 14.7. The lowest BCUT2D eigenvalue weighted by atomic mass is 9.83. The van der Waals surface area contributed by atoms with Gasteiger partial charge in [-0.3, -0.25) is 0 Å². The first-order valence-electron chi connectivity index (χ1n) is 10.7. The van der Waals surface area contributed by atoms with Crippen molar-refractivity contribution < 1.29 is 19.1 Å². The van der Waals surface area contributed by atoms with Crippen LogP contribution in [0.1, 0.15) is 76.1 Å². The summed E-state index contributed by atoms with van der Waals surface area (Å²) in [5, 5.41) is 8.96. The Labute approximate surface area is 191 Å². The normalized spacial score (nSPS) is 16.1. The van der Waals surface area contributed by atoms with Gasteiger partial charge in [0.05, 0.1) is 11.1 Å². The van der Waals surface area contributed by atoms with E-state index in [0.29, 0.717) is 11.1 Å². The molecule has 0 aliphatic carbocycles. The van der Waals surface area contributed by atoms with E-state index < -0.39 is 34.2 Å². The van der Waals surface area contributed by atoms with Crippen molar-refractivity contribution in [3.8, 4) is 0 Å². The zero-order valence-electron chi connectivity index (χ0n) is 20.3. The summed E-state index contributed by atoms with van der Waals surface area (Å²) in [5.74, 6) is -0.999. The lowest BCUT2D eigenvalue weighted by Crippen LogP contribution is -2.46. The number of hydrogen-bond donors (Lipinski definition) is 0. The van der Waals surface area contributed by atoms with E-state index in [2.05, 4.69) is 10.2 Å².